The van der Waals surface area contributed by atoms with Crippen LogP contribution in [0.3, 0.4) is 0 Å². The quantitative estimate of drug-likeness (QED) is 0.625. The molecule has 1 aliphatic heterocycles. The molecule has 3 saturated carbocycles. The summed E-state index contributed by atoms with van der Waals surface area (Å²) in [5.41, 5.74) is 2.66. The third kappa shape index (κ3) is 3.71. The number of likely N-dealkylation sites (tertiary alicyclic amines) is 1. The summed E-state index contributed by atoms with van der Waals surface area (Å²) in [6.07, 6.45) is 11.9. The monoisotopic (exact) mass is 458 g/mol. The minimum absolute atomic E-state index is 0.107. The summed E-state index contributed by atoms with van der Waals surface area (Å²) in [6.45, 7) is 5.02. The van der Waals surface area contributed by atoms with E-state index in [1.807, 2.05) is 0 Å². The van der Waals surface area contributed by atoms with Crippen LogP contribution in [0, 0.1) is 28.6 Å². The number of rotatable bonds is 4. The molecule has 7 atom stereocenters. The van der Waals surface area contributed by atoms with E-state index in [9.17, 15) is 19.8 Å². The number of carboxylic acids is 1. The second-order valence-electron chi connectivity index (χ2n) is 11.6. The lowest BCUT2D eigenvalue weighted by Crippen LogP contribution is -2.51. The zero-order valence-electron chi connectivity index (χ0n) is 20.0. The topological polar surface area (TPSA) is 99.4 Å². The number of hydrogen-bond acceptors (Lipinski definition) is 5. The summed E-state index contributed by atoms with van der Waals surface area (Å²) in [6, 6.07) is -0.736. The van der Waals surface area contributed by atoms with Gasteiger partial charge in [0.15, 0.2) is 6.61 Å². The van der Waals surface area contributed by atoms with Gasteiger partial charge in [-0.15, -0.1) is 0 Å². The van der Waals surface area contributed by atoms with Gasteiger partial charge in [0.2, 0.25) is 0 Å². The van der Waals surface area contributed by atoms with Gasteiger partial charge in [-0.05, 0) is 98.9 Å². The first kappa shape index (κ1) is 22.9. The number of carboxylic acid groups (broad SMARTS) is 1. The summed E-state index contributed by atoms with van der Waals surface area (Å²) >= 11 is 0. The highest BCUT2D eigenvalue weighted by molar-refractivity contribution is 5.96. The average molecular weight is 459 g/mol. The summed E-state index contributed by atoms with van der Waals surface area (Å²) in [5, 5.41) is 24.2. The van der Waals surface area contributed by atoms with Crippen LogP contribution in [0.25, 0.3) is 0 Å². The van der Waals surface area contributed by atoms with E-state index in [1.54, 1.807) is 0 Å². The molecule has 0 aromatic rings. The first-order chi connectivity index (χ1) is 15.7. The maximum Gasteiger partial charge on any atom is 0.326 e. The van der Waals surface area contributed by atoms with Crippen LogP contribution in [0.2, 0.25) is 0 Å². The van der Waals surface area contributed by atoms with Gasteiger partial charge in [-0.1, -0.05) is 24.6 Å². The molecule has 0 spiro atoms. The maximum atomic E-state index is 12.4. The molecule has 5 aliphatic rings. The second kappa shape index (κ2) is 8.40. The molecule has 2 N–H and O–H groups in total. The number of aliphatic hydroxyl groups excluding tert-OH is 1. The minimum atomic E-state index is -0.950. The predicted molar refractivity (Wildman–Crippen MR) is 123 cm³/mol. The van der Waals surface area contributed by atoms with Crippen molar-refractivity contribution in [1.29, 1.82) is 0 Å². The van der Waals surface area contributed by atoms with E-state index in [-0.39, 0.29) is 29.4 Å². The van der Waals surface area contributed by atoms with Crippen molar-refractivity contribution in [1.82, 2.24) is 4.90 Å². The fourth-order valence-corrected chi connectivity index (χ4v) is 8.19. The number of allylic oxidation sites excluding steroid dienone is 2. The van der Waals surface area contributed by atoms with Crippen molar-refractivity contribution in [3.63, 3.8) is 0 Å². The van der Waals surface area contributed by atoms with Crippen molar-refractivity contribution >= 4 is 17.6 Å². The molecule has 0 radical (unpaired) electrons. The zero-order chi connectivity index (χ0) is 23.4. The number of nitrogens with zero attached hydrogens (tertiary/aromatic N) is 2. The summed E-state index contributed by atoms with van der Waals surface area (Å²) in [4.78, 5) is 30.5. The molecule has 5 rings (SSSR count). The van der Waals surface area contributed by atoms with Gasteiger partial charge in [0.25, 0.3) is 5.91 Å². The van der Waals surface area contributed by atoms with Crippen LogP contribution in [0.15, 0.2) is 16.8 Å². The molecule has 1 heterocycles. The second-order valence-corrected chi connectivity index (χ2v) is 11.6. The molecule has 7 heteroatoms. The van der Waals surface area contributed by atoms with Crippen molar-refractivity contribution in [3.8, 4) is 0 Å². The highest BCUT2D eigenvalue weighted by atomic mass is 16.6. The van der Waals surface area contributed by atoms with Gasteiger partial charge < -0.3 is 20.0 Å². The van der Waals surface area contributed by atoms with Crippen LogP contribution in [0.5, 0.6) is 0 Å². The molecular weight excluding hydrogens is 420 g/mol. The number of fused-ring (bicyclic) bond motifs is 5. The van der Waals surface area contributed by atoms with Crippen molar-refractivity contribution in [2.75, 3.05) is 13.2 Å². The molecule has 1 amide bonds. The van der Waals surface area contributed by atoms with Gasteiger partial charge in [0.1, 0.15) is 6.04 Å². The van der Waals surface area contributed by atoms with Crippen LogP contribution < -0.4 is 0 Å². The fourth-order valence-electron chi connectivity index (χ4n) is 8.19. The molecule has 4 aliphatic carbocycles. The van der Waals surface area contributed by atoms with Crippen molar-refractivity contribution in [3.05, 3.63) is 11.6 Å². The lowest BCUT2D eigenvalue weighted by Gasteiger charge is -2.57. The third-order valence-corrected chi connectivity index (χ3v) is 10.2. The summed E-state index contributed by atoms with van der Waals surface area (Å²) in [7, 11) is 0. The predicted octanol–water partition coefficient (Wildman–Crippen LogP) is 3.76. The average Bonchev–Trinajstić information content (AvgIpc) is 3.39. The van der Waals surface area contributed by atoms with Crippen molar-refractivity contribution in [2.45, 2.75) is 90.2 Å². The van der Waals surface area contributed by atoms with Gasteiger partial charge >= 0.3 is 5.97 Å². The van der Waals surface area contributed by atoms with Gasteiger partial charge in [0, 0.05) is 6.54 Å². The van der Waals surface area contributed by atoms with Crippen LogP contribution in [0.1, 0.15) is 78.1 Å². The van der Waals surface area contributed by atoms with E-state index in [0.717, 1.165) is 37.8 Å². The summed E-state index contributed by atoms with van der Waals surface area (Å²) < 4.78 is 0. The van der Waals surface area contributed by atoms with Gasteiger partial charge in [-0.2, -0.15) is 0 Å². The van der Waals surface area contributed by atoms with E-state index in [0.29, 0.717) is 37.1 Å². The largest absolute Gasteiger partial charge is 0.480 e. The van der Waals surface area contributed by atoms with E-state index < -0.39 is 12.0 Å². The Kier molecular flexibility index (Phi) is 5.82. The fraction of sp³-hybridized carbons (Fsp3) is 0.808. The molecule has 0 aromatic carbocycles. The maximum absolute atomic E-state index is 12.4. The van der Waals surface area contributed by atoms with Crippen LogP contribution >= 0.6 is 0 Å². The molecule has 0 aromatic heterocycles. The molecule has 1 saturated heterocycles. The number of hydrogen-bond donors (Lipinski definition) is 2. The number of aliphatic hydroxyl groups is 1. The Labute approximate surface area is 196 Å². The van der Waals surface area contributed by atoms with Crippen LogP contribution in [-0.4, -0.2) is 58.0 Å². The lowest BCUT2D eigenvalue weighted by atomic mass is 9.47. The van der Waals surface area contributed by atoms with Crippen LogP contribution in [0.4, 0.5) is 0 Å². The zero-order valence-corrected chi connectivity index (χ0v) is 20.0. The van der Waals surface area contributed by atoms with Crippen molar-refractivity contribution < 1.29 is 24.6 Å². The third-order valence-electron chi connectivity index (χ3n) is 10.2. The Morgan fingerprint density at radius 3 is 2.73 bits per heavy atom. The Morgan fingerprint density at radius 2 is 1.94 bits per heavy atom. The highest BCUT2D eigenvalue weighted by Crippen LogP contribution is 2.65. The van der Waals surface area contributed by atoms with Gasteiger partial charge in [-0.25, -0.2) is 4.79 Å². The van der Waals surface area contributed by atoms with E-state index >= 15 is 0 Å². The Bertz CT molecular complexity index is 884. The number of amides is 1. The number of carbonyl (C=O) groups is 2. The molecular formula is C26H38N2O5. The lowest BCUT2D eigenvalue weighted by molar-refractivity contribution is -0.150. The Morgan fingerprint density at radius 1 is 1.12 bits per heavy atom. The van der Waals surface area contributed by atoms with E-state index in [1.165, 1.54) is 29.7 Å². The molecule has 0 bridgehead atoms. The number of oxime groups is 1. The normalized spacial score (nSPS) is 43.5. The minimum Gasteiger partial charge on any atom is -0.480 e. The first-order valence-electron chi connectivity index (χ1n) is 12.8. The number of aliphatic carboxylic acids is 1. The molecule has 33 heavy (non-hydrogen) atoms. The number of carbonyl (C=O) groups excluding carboxylic acids is 1. The van der Waals surface area contributed by atoms with Gasteiger partial charge in [-0.3, -0.25) is 4.79 Å². The first-order valence-corrected chi connectivity index (χ1v) is 12.8. The van der Waals surface area contributed by atoms with E-state index in [2.05, 4.69) is 25.1 Å². The van der Waals surface area contributed by atoms with Gasteiger partial charge in [0.05, 0.1) is 11.8 Å². The molecule has 7 nitrogen and oxygen atoms in total. The standard InChI is InChI=1S/C26H38N2O5/c1-25-11-9-17(27-33-15-23(30)28-13-3-4-21(28)24(31)32)14-16(25)5-6-18-19-7-8-22(29)26(19,2)12-10-20(18)25/h14,18-22,29H,3-13,15H2,1-2H3,(H,31,32)/b27-17-/t18-,19-,20-,21+,22-,25-,26-/m0/s1. The molecule has 4 fully saturated rings. The molecule has 0 unspecified atom stereocenters. The Balaban J connectivity index is 1.24. The SMILES string of the molecule is C[C@]12CC[C@H]3[C@@H](CCC4=C/C(=N\OCC(=O)N5CCC[C@@H]5C(=O)O)CC[C@@]43C)[C@@H]1CC[C@@H]2O. The van der Waals surface area contributed by atoms with E-state index in [4.69, 9.17) is 4.84 Å². The molecule has 182 valence electrons. The Hall–Kier alpha value is -1.89. The smallest absolute Gasteiger partial charge is 0.326 e. The van der Waals surface area contributed by atoms with Crippen LogP contribution in [-0.2, 0) is 14.4 Å². The highest BCUT2D eigenvalue weighted by Gasteiger charge is 2.58. The summed E-state index contributed by atoms with van der Waals surface area (Å²) in [5.74, 6) is 0.775. The van der Waals surface area contributed by atoms with Crippen molar-refractivity contribution in [2.24, 2.45) is 33.7 Å².